The van der Waals surface area contributed by atoms with E-state index in [1.807, 2.05) is 49.4 Å². The largest absolute Gasteiger partial charge is 0.395 e. The third-order valence-electron chi connectivity index (χ3n) is 7.33. The number of aliphatic hydroxyl groups is 2. The van der Waals surface area contributed by atoms with Gasteiger partial charge in [0.15, 0.2) is 0 Å². The van der Waals surface area contributed by atoms with E-state index in [1.54, 1.807) is 30.1 Å². The van der Waals surface area contributed by atoms with Gasteiger partial charge in [0, 0.05) is 24.3 Å². The molecule has 3 rings (SSSR count). The summed E-state index contributed by atoms with van der Waals surface area (Å²) in [7, 11) is -3.13. The lowest BCUT2D eigenvalue weighted by atomic mass is 9.95. The number of benzene rings is 2. The second kappa shape index (κ2) is 13.5. The van der Waals surface area contributed by atoms with Crippen LogP contribution in [0.4, 0.5) is 9.80 Å². The van der Waals surface area contributed by atoms with Crippen molar-refractivity contribution in [2.75, 3.05) is 18.5 Å². The molecule has 38 heavy (non-hydrogen) atoms. The molecule has 0 aromatic heterocycles. The van der Waals surface area contributed by atoms with Crippen LogP contribution < -0.4 is 5.32 Å². The van der Waals surface area contributed by atoms with Crippen molar-refractivity contribution in [1.29, 1.82) is 0 Å². The Kier molecular flexibility index (Phi) is 10.6. The van der Waals surface area contributed by atoms with Gasteiger partial charge in [-0.3, -0.25) is 9.59 Å². The van der Waals surface area contributed by atoms with Crippen molar-refractivity contribution in [3.8, 4) is 0 Å². The summed E-state index contributed by atoms with van der Waals surface area (Å²) in [6.07, 6.45) is -0.251. The average molecular weight is 545 g/mol. The van der Waals surface area contributed by atoms with E-state index in [9.17, 15) is 19.8 Å². The topological polar surface area (TPSA) is 99.1 Å². The highest BCUT2D eigenvalue weighted by molar-refractivity contribution is 6.72. The standard InChI is InChI=1S/C29H41FN2O5Si/c1-20-25(15-12-22-10-13-24(14-11-22)31-29(36)21(2)34)37-26(28(20)38(3,4)30)18-27(35)32(16-17-33)19-23-8-6-5-7-9-23/h5-11,13-14,20-21,25-26,28,33-34H,12,15-19H2,1-4H3,(H,31,36)/t20-,21+,25+,26-,28+/m1/s1. The van der Waals surface area contributed by atoms with Crippen molar-refractivity contribution in [3.05, 3.63) is 65.7 Å². The van der Waals surface area contributed by atoms with Gasteiger partial charge in [-0.1, -0.05) is 49.4 Å². The first-order valence-electron chi connectivity index (χ1n) is 13.3. The van der Waals surface area contributed by atoms with Gasteiger partial charge in [0.25, 0.3) is 5.91 Å². The third-order valence-corrected chi connectivity index (χ3v) is 9.81. The fourth-order valence-electron chi connectivity index (χ4n) is 5.40. The summed E-state index contributed by atoms with van der Waals surface area (Å²) in [6.45, 7) is 7.28. The van der Waals surface area contributed by atoms with E-state index in [1.165, 1.54) is 6.92 Å². The van der Waals surface area contributed by atoms with Crippen molar-refractivity contribution in [2.45, 2.75) is 76.6 Å². The number of hydrogen-bond donors (Lipinski definition) is 3. The van der Waals surface area contributed by atoms with Gasteiger partial charge in [-0.2, -0.15) is 0 Å². The minimum Gasteiger partial charge on any atom is -0.395 e. The second-order valence-electron chi connectivity index (χ2n) is 10.8. The van der Waals surface area contributed by atoms with Crippen LogP contribution in [0.1, 0.15) is 37.8 Å². The summed E-state index contributed by atoms with van der Waals surface area (Å²) in [6, 6.07) is 17.0. The van der Waals surface area contributed by atoms with Gasteiger partial charge < -0.3 is 29.3 Å². The Labute approximate surface area is 226 Å². The molecule has 2 aromatic rings. The first-order chi connectivity index (χ1) is 18.0. The van der Waals surface area contributed by atoms with Gasteiger partial charge >= 0.3 is 0 Å². The Bertz CT molecular complexity index is 1050. The normalized spacial score (nSPS) is 22.2. The fourth-order valence-corrected chi connectivity index (χ4v) is 7.95. The Balaban J connectivity index is 1.64. The van der Waals surface area contributed by atoms with Crippen LogP contribution in [-0.2, 0) is 27.3 Å². The number of amides is 2. The molecule has 0 spiro atoms. The van der Waals surface area contributed by atoms with Crippen LogP contribution in [0.15, 0.2) is 54.6 Å². The molecule has 9 heteroatoms. The van der Waals surface area contributed by atoms with Crippen LogP contribution in [0.25, 0.3) is 0 Å². The minimum atomic E-state index is -3.13. The summed E-state index contributed by atoms with van der Waals surface area (Å²) in [5.41, 5.74) is 2.33. The Morgan fingerprint density at radius 3 is 2.32 bits per heavy atom. The quantitative estimate of drug-likeness (QED) is 0.273. The van der Waals surface area contributed by atoms with Gasteiger partial charge in [-0.25, -0.2) is 0 Å². The first kappa shape index (κ1) is 30.0. The zero-order chi connectivity index (χ0) is 27.9. The van der Waals surface area contributed by atoms with E-state index in [-0.39, 0.29) is 43.0 Å². The summed E-state index contributed by atoms with van der Waals surface area (Å²) in [4.78, 5) is 26.6. The lowest BCUT2D eigenvalue weighted by Crippen LogP contribution is -2.40. The predicted octanol–water partition coefficient (Wildman–Crippen LogP) is 4.30. The van der Waals surface area contributed by atoms with Gasteiger partial charge in [-0.15, -0.1) is 0 Å². The molecule has 2 amide bonds. The van der Waals surface area contributed by atoms with Crippen LogP contribution in [0.2, 0.25) is 18.6 Å². The Hall–Kier alpha value is -2.59. The molecule has 1 saturated heterocycles. The molecule has 0 radical (unpaired) electrons. The van der Waals surface area contributed by atoms with E-state index in [0.717, 1.165) is 11.1 Å². The third kappa shape index (κ3) is 8.20. The number of aliphatic hydroxyl groups excluding tert-OH is 2. The second-order valence-corrected chi connectivity index (χ2v) is 14.6. The summed E-state index contributed by atoms with van der Waals surface area (Å²) in [5.74, 6) is -0.625. The molecule has 0 bridgehead atoms. The molecular formula is C29H41FN2O5Si. The summed E-state index contributed by atoms with van der Waals surface area (Å²) >= 11 is 0. The highest BCUT2D eigenvalue weighted by atomic mass is 28.4. The van der Waals surface area contributed by atoms with Crippen LogP contribution in [-0.4, -0.2) is 66.8 Å². The molecule has 0 saturated carbocycles. The Morgan fingerprint density at radius 2 is 1.74 bits per heavy atom. The first-order valence-corrected chi connectivity index (χ1v) is 16.3. The fraction of sp³-hybridized carbons (Fsp3) is 0.517. The molecule has 2 aromatic carbocycles. The number of anilines is 1. The van der Waals surface area contributed by atoms with Crippen LogP contribution in [0, 0.1) is 5.92 Å². The van der Waals surface area contributed by atoms with Crippen molar-refractivity contribution >= 4 is 25.9 Å². The maximum Gasteiger partial charge on any atom is 0.252 e. The number of carbonyl (C=O) groups is 2. The number of halogens is 1. The highest BCUT2D eigenvalue weighted by Crippen LogP contribution is 2.47. The molecule has 0 unspecified atom stereocenters. The lowest BCUT2D eigenvalue weighted by Gasteiger charge is -2.30. The van der Waals surface area contributed by atoms with E-state index >= 15 is 4.11 Å². The molecule has 208 valence electrons. The van der Waals surface area contributed by atoms with E-state index < -0.39 is 26.5 Å². The van der Waals surface area contributed by atoms with Crippen LogP contribution in [0.5, 0.6) is 0 Å². The summed E-state index contributed by atoms with van der Waals surface area (Å²) in [5, 5.41) is 21.6. The monoisotopic (exact) mass is 544 g/mol. The molecule has 3 N–H and O–H groups in total. The zero-order valence-corrected chi connectivity index (χ0v) is 23.8. The number of aryl methyl sites for hydroxylation is 1. The maximum atomic E-state index is 15.5. The highest BCUT2D eigenvalue weighted by Gasteiger charge is 2.51. The van der Waals surface area contributed by atoms with Crippen molar-refractivity contribution < 1.29 is 28.6 Å². The smallest absolute Gasteiger partial charge is 0.252 e. The SMILES string of the molecule is C[C@H]1[C@H]([Si](C)(C)F)[C@@H](CC(=O)N(CCO)Cc2ccccc2)O[C@H]1CCc1ccc(NC(=O)[C@H](C)O)cc1. The number of ether oxygens (including phenoxy) is 1. The molecular weight excluding hydrogens is 503 g/mol. The van der Waals surface area contributed by atoms with Crippen LogP contribution >= 0.6 is 0 Å². The number of nitrogens with zero attached hydrogens (tertiary/aromatic N) is 1. The number of nitrogens with one attached hydrogen (secondary N) is 1. The van der Waals surface area contributed by atoms with Gasteiger partial charge in [0.2, 0.25) is 14.3 Å². The molecule has 5 atom stereocenters. The molecule has 0 aliphatic carbocycles. The number of carbonyl (C=O) groups excluding carboxylic acids is 2. The Morgan fingerprint density at radius 1 is 1.08 bits per heavy atom. The number of rotatable bonds is 12. The molecule has 1 fully saturated rings. The van der Waals surface area contributed by atoms with Crippen molar-refractivity contribution in [1.82, 2.24) is 4.90 Å². The van der Waals surface area contributed by atoms with E-state index in [2.05, 4.69) is 5.32 Å². The van der Waals surface area contributed by atoms with Crippen LogP contribution in [0.3, 0.4) is 0 Å². The molecule has 1 aliphatic heterocycles. The van der Waals surface area contributed by atoms with Crippen molar-refractivity contribution in [3.63, 3.8) is 0 Å². The molecule has 1 heterocycles. The van der Waals surface area contributed by atoms with Gasteiger partial charge in [0.1, 0.15) is 6.10 Å². The average Bonchev–Trinajstić information content (AvgIpc) is 3.18. The molecule has 7 nitrogen and oxygen atoms in total. The summed E-state index contributed by atoms with van der Waals surface area (Å²) < 4.78 is 21.9. The lowest BCUT2D eigenvalue weighted by molar-refractivity contribution is -0.135. The predicted molar refractivity (Wildman–Crippen MR) is 149 cm³/mol. The van der Waals surface area contributed by atoms with Gasteiger partial charge in [-0.05, 0) is 62.0 Å². The van der Waals surface area contributed by atoms with Gasteiger partial charge in [0.05, 0.1) is 25.2 Å². The number of hydrogen-bond acceptors (Lipinski definition) is 5. The zero-order valence-electron chi connectivity index (χ0n) is 22.8. The maximum absolute atomic E-state index is 15.5. The van der Waals surface area contributed by atoms with E-state index in [4.69, 9.17) is 4.74 Å². The van der Waals surface area contributed by atoms with E-state index in [0.29, 0.717) is 25.1 Å². The minimum absolute atomic E-state index is 0.0236. The molecule has 1 aliphatic rings. The van der Waals surface area contributed by atoms with Crippen molar-refractivity contribution in [2.24, 2.45) is 5.92 Å².